The molecule has 1 saturated heterocycles. The number of benzene rings is 1. The van der Waals surface area contributed by atoms with Crippen molar-refractivity contribution in [2.45, 2.75) is 25.9 Å². The van der Waals surface area contributed by atoms with Gasteiger partial charge in [0, 0.05) is 31.1 Å². The summed E-state index contributed by atoms with van der Waals surface area (Å²) >= 11 is 0. The molecule has 0 bridgehead atoms. The van der Waals surface area contributed by atoms with Crippen LogP contribution in [0.1, 0.15) is 29.9 Å². The third-order valence-electron chi connectivity index (χ3n) is 4.73. The van der Waals surface area contributed by atoms with E-state index in [1.165, 1.54) is 18.2 Å². The third-order valence-corrected chi connectivity index (χ3v) is 4.73. The molecule has 0 aliphatic carbocycles. The summed E-state index contributed by atoms with van der Waals surface area (Å²) in [5.41, 5.74) is 2.35. The van der Waals surface area contributed by atoms with Gasteiger partial charge in [-0.25, -0.2) is 4.98 Å². The number of fused-ring (bicyclic) bond motifs is 1. The van der Waals surface area contributed by atoms with Crippen LogP contribution in [0.25, 0.3) is 0 Å². The number of halogens is 1. The van der Waals surface area contributed by atoms with Gasteiger partial charge in [-0.2, -0.15) is 4.39 Å². The largest absolute Gasteiger partial charge is 0.487 e. The smallest absolute Gasteiger partial charge is 0.274 e. The van der Waals surface area contributed by atoms with Gasteiger partial charge in [-0.15, -0.1) is 0 Å². The number of nitrogens with one attached hydrogen (secondary N) is 1. The molecule has 0 radical (unpaired) electrons. The molecule has 0 unspecified atom stereocenters. The molecular weight excluding hydrogens is 349 g/mol. The number of nitrogens with zero attached hydrogens (tertiary/aromatic N) is 2. The van der Waals surface area contributed by atoms with Gasteiger partial charge in [0.1, 0.15) is 17.0 Å². The highest BCUT2D eigenvalue weighted by molar-refractivity contribution is 6.05. The van der Waals surface area contributed by atoms with E-state index in [1.54, 1.807) is 0 Å². The van der Waals surface area contributed by atoms with Gasteiger partial charge >= 0.3 is 0 Å². The number of anilines is 2. The topological polar surface area (TPSA) is 63.7 Å². The minimum absolute atomic E-state index is 0.0417. The number of rotatable bonds is 3. The molecule has 1 aromatic heterocycles. The fourth-order valence-corrected chi connectivity index (χ4v) is 3.53. The second-order valence-electron chi connectivity index (χ2n) is 7.41. The van der Waals surface area contributed by atoms with E-state index in [2.05, 4.69) is 15.2 Å². The second kappa shape index (κ2) is 6.81. The van der Waals surface area contributed by atoms with E-state index >= 15 is 0 Å². The van der Waals surface area contributed by atoms with Crippen LogP contribution in [0, 0.1) is 5.95 Å². The van der Waals surface area contributed by atoms with Crippen molar-refractivity contribution in [2.75, 3.05) is 36.5 Å². The molecule has 142 valence electrons. The lowest BCUT2D eigenvalue weighted by Gasteiger charge is -2.31. The molecule has 4 rings (SSSR count). The molecule has 0 saturated carbocycles. The lowest BCUT2D eigenvalue weighted by molar-refractivity contribution is 0.102. The zero-order valence-electron chi connectivity index (χ0n) is 15.4. The minimum atomic E-state index is -0.680. The summed E-state index contributed by atoms with van der Waals surface area (Å²) in [6, 6.07) is 8.10. The Morgan fingerprint density at radius 2 is 2.04 bits per heavy atom. The van der Waals surface area contributed by atoms with Crippen LogP contribution in [0.5, 0.6) is 5.75 Å². The second-order valence-corrected chi connectivity index (χ2v) is 7.41. The molecule has 27 heavy (non-hydrogen) atoms. The van der Waals surface area contributed by atoms with Gasteiger partial charge in [0.05, 0.1) is 24.6 Å². The zero-order valence-corrected chi connectivity index (χ0v) is 15.4. The minimum Gasteiger partial charge on any atom is -0.487 e. The van der Waals surface area contributed by atoms with Crippen LogP contribution in [0.15, 0.2) is 30.3 Å². The Labute approximate surface area is 157 Å². The maximum atomic E-state index is 13.4. The first kappa shape index (κ1) is 17.7. The first-order valence-corrected chi connectivity index (χ1v) is 9.04. The molecule has 1 amide bonds. The lowest BCUT2D eigenvalue weighted by atomic mass is 10.0. The van der Waals surface area contributed by atoms with Crippen molar-refractivity contribution in [3.63, 3.8) is 0 Å². The summed E-state index contributed by atoms with van der Waals surface area (Å²) in [4.78, 5) is 18.4. The van der Waals surface area contributed by atoms with E-state index in [9.17, 15) is 9.18 Å². The third kappa shape index (κ3) is 3.73. The Morgan fingerprint density at radius 3 is 2.78 bits per heavy atom. The average molecular weight is 371 g/mol. The van der Waals surface area contributed by atoms with Crippen LogP contribution in [0.2, 0.25) is 0 Å². The average Bonchev–Trinajstić information content (AvgIpc) is 2.94. The van der Waals surface area contributed by atoms with Crippen LogP contribution in [-0.2, 0) is 11.2 Å². The molecule has 6 nitrogen and oxygen atoms in total. The molecule has 1 fully saturated rings. The molecule has 2 aliphatic heterocycles. The fourth-order valence-electron chi connectivity index (χ4n) is 3.53. The molecule has 0 atom stereocenters. The van der Waals surface area contributed by atoms with Crippen LogP contribution < -0.4 is 15.0 Å². The van der Waals surface area contributed by atoms with E-state index in [1.807, 2.05) is 26.0 Å². The molecule has 2 aliphatic rings. The van der Waals surface area contributed by atoms with Gasteiger partial charge in [-0.3, -0.25) is 4.79 Å². The molecule has 3 heterocycles. The van der Waals surface area contributed by atoms with Crippen molar-refractivity contribution >= 4 is 17.3 Å². The molecule has 2 aromatic rings. The van der Waals surface area contributed by atoms with Gasteiger partial charge in [-0.05, 0) is 32.0 Å². The summed E-state index contributed by atoms with van der Waals surface area (Å²) in [5, 5.41) is 2.90. The van der Waals surface area contributed by atoms with Crippen molar-refractivity contribution in [3.8, 4) is 5.75 Å². The molecule has 1 aromatic carbocycles. The molecule has 0 spiro atoms. The van der Waals surface area contributed by atoms with Crippen LogP contribution in [-0.4, -0.2) is 42.8 Å². The normalized spacial score (nSPS) is 18.0. The number of carbonyl (C=O) groups excluding carboxylic acids is 1. The highest BCUT2D eigenvalue weighted by Crippen LogP contribution is 2.41. The van der Waals surface area contributed by atoms with Crippen molar-refractivity contribution in [1.82, 2.24) is 4.98 Å². The predicted molar refractivity (Wildman–Crippen MR) is 100 cm³/mol. The van der Waals surface area contributed by atoms with Gasteiger partial charge in [0.25, 0.3) is 5.91 Å². The zero-order chi connectivity index (χ0) is 19.0. The van der Waals surface area contributed by atoms with Gasteiger partial charge < -0.3 is 19.7 Å². The fraction of sp³-hybridized carbons (Fsp3) is 0.400. The summed E-state index contributed by atoms with van der Waals surface area (Å²) in [6.07, 6.45) is 0.757. The first-order chi connectivity index (χ1) is 12.9. The SMILES string of the molecule is CC1(C)Cc2cc(NC(=O)c3cccc(F)n3)c(N3CCOCC3)cc2O1. The highest BCUT2D eigenvalue weighted by Gasteiger charge is 2.32. The lowest BCUT2D eigenvalue weighted by Crippen LogP contribution is -2.36. The molecule has 7 heteroatoms. The van der Waals surface area contributed by atoms with E-state index in [4.69, 9.17) is 9.47 Å². The Morgan fingerprint density at radius 1 is 1.26 bits per heavy atom. The van der Waals surface area contributed by atoms with Gasteiger partial charge in [0.2, 0.25) is 5.95 Å². The number of hydrogen-bond acceptors (Lipinski definition) is 5. The summed E-state index contributed by atoms with van der Waals surface area (Å²) in [6.45, 7) is 6.78. The number of amides is 1. The van der Waals surface area contributed by atoms with Crippen molar-refractivity contribution in [2.24, 2.45) is 0 Å². The number of morpholine rings is 1. The van der Waals surface area contributed by atoms with Crippen LogP contribution in [0.4, 0.5) is 15.8 Å². The number of pyridine rings is 1. The van der Waals surface area contributed by atoms with E-state index in [0.29, 0.717) is 18.9 Å². The van der Waals surface area contributed by atoms with Gasteiger partial charge in [-0.1, -0.05) is 6.07 Å². The maximum Gasteiger partial charge on any atom is 0.274 e. The van der Waals surface area contributed by atoms with E-state index < -0.39 is 11.9 Å². The Bertz CT molecular complexity index is 879. The van der Waals surface area contributed by atoms with Crippen LogP contribution >= 0.6 is 0 Å². The van der Waals surface area contributed by atoms with Crippen LogP contribution in [0.3, 0.4) is 0 Å². The first-order valence-electron chi connectivity index (χ1n) is 9.04. The van der Waals surface area contributed by atoms with E-state index in [-0.39, 0.29) is 11.3 Å². The van der Waals surface area contributed by atoms with Crippen molar-refractivity contribution in [1.29, 1.82) is 0 Å². The van der Waals surface area contributed by atoms with E-state index in [0.717, 1.165) is 36.5 Å². The maximum absolute atomic E-state index is 13.4. The number of aromatic nitrogens is 1. The standard InChI is InChI=1S/C20H22FN3O3/c1-20(2)12-13-10-15(23-19(25)14-4-3-5-18(21)22-14)16(11-17(13)27-20)24-6-8-26-9-7-24/h3-5,10-11H,6-9,12H2,1-2H3,(H,23,25). The Kier molecular flexibility index (Phi) is 4.47. The van der Waals surface area contributed by atoms with Crippen molar-refractivity contribution in [3.05, 3.63) is 47.5 Å². The number of carbonyl (C=O) groups is 1. The summed E-state index contributed by atoms with van der Waals surface area (Å²) in [5.74, 6) is -0.286. The Balaban J connectivity index is 1.68. The summed E-state index contributed by atoms with van der Waals surface area (Å²) in [7, 11) is 0. The van der Waals surface area contributed by atoms with Crippen molar-refractivity contribution < 1.29 is 18.7 Å². The monoisotopic (exact) mass is 371 g/mol. The number of ether oxygens (including phenoxy) is 2. The number of hydrogen-bond donors (Lipinski definition) is 1. The van der Waals surface area contributed by atoms with Gasteiger partial charge in [0.15, 0.2) is 0 Å². The summed E-state index contributed by atoms with van der Waals surface area (Å²) < 4.78 is 24.9. The Hall–Kier alpha value is -2.67. The molecular formula is C20H22FN3O3. The quantitative estimate of drug-likeness (QED) is 0.841. The highest BCUT2D eigenvalue weighted by atomic mass is 19.1. The predicted octanol–water partition coefficient (Wildman–Crippen LogP) is 3.02. The molecule has 1 N–H and O–H groups in total.